The molecule has 2 heterocycles. The van der Waals surface area contributed by atoms with E-state index in [-0.39, 0.29) is 25.7 Å². The molecule has 12 nitrogen and oxygen atoms in total. The Labute approximate surface area is 231 Å². The molecule has 0 radical (unpaired) electrons. The first-order chi connectivity index (χ1) is 18.5. The van der Waals surface area contributed by atoms with Gasteiger partial charge in [0, 0.05) is 6.42 Å². The van der Waals surface area contributed by atoms with Crippen molar-refractivity contribution in [2.75, 3.05) is 6.61 Å². The zero-order valence-corrected chi connectivity index (χ0v) is 22.6. The number of H-pyrrole nitrogens is 1. The monoisotopic (exact) mass is 585 g/mol. The number of carbonyl (C=O) groups excluding carboxylic acids is 1. The van der Waals surface area contributed by atoms with Crippen LogP contribution in [0.1, 0.15) is 59.8 Å². The number of aliphatic hydroxyl groups is 1. The van der Waals surface area contributed by atoms with Crippen molar-refractivity contribution in [2.45, 2.75) is 89.9 Å². The zero-order valence-electron chi connectivity index (χ0n) is 21.7. The largest absolute Gasteiger partial charge is 0.461 e. The lowest BCUT2D eigenvalue weighted by atomic mass is 9.98. The van der Waals surface area contributed by atoms with Gasteiger partial charge in [-0.15, -0.1) is 0 Å². The van der Waals surface area contributed by atoms with E-state index in [2.05, 4.69) is 5.09 Å². The Kier molecular flexibility index (Phi) is 10.5. The number of hydrogen-bond donors (Lipinski definition) is 3. The second-order valence-corrected chi connectivity index (χ2v) is 11.6. The molecule has 4 rings (SSSR count). The summed E-state index contributed by atoms with van der Waals surface area (Å²) in [4.78, 5) is 38.2. The van der Waals surface area contributed by atoms with Gasteiger partial charge < -0.3 is 19.1 Å². The van der Waals surface area contributed by atoms with Crippen LogP contribution in [0.3, 0.4) is 0 Å². The Balaban J connectivity index is 0.00000441. The number of halogens is 1. The van der Waals surface area contributed by atoms with Crippen molar-refractivity contribution in [1.29, 1.82) is 0 Å². The minimum Gasteiger partial charge on any atom is -0.461 e. The van der Waals surface area contributed by atoms with Crippen LogP contribution in [0.5, 0.6) is 5.75 Å². The summed E-state index contributed by atoms with van der Waals surface area (Å²) in [5, 5.41) is 13.2. The summed E-state index contributed by atoms with van der Waals surface area (Å²) < 4.78 is 51.1. The van der Waals surface area contributed by atoms with Crippen LogP contribution in [0.2, 0.25) is 0 Å². The Morgan fingerprint density at radius 2 is 1.95 bits per heavy atom. The molecule has 1 aromatic carbocycles. The van der Waals surface area contributed by atoms with Gasteiger partial charge >= 0.3 is 19.4 Å². The molecule has 2 fully saturated rings. The third-order valence-corrected chi connectivity index (χ3v) is 8.39. The molecule has 1 aliphatic heterocycles. The van der Waals surface area contributed by atoms with Gasteiger partial charge in [0.05, 0.1) is 18.9 Å². The third-order valence-electron chi connectivity index (χ3n) is 6.75. The zero-order chi connectivity index (χ0) is 28.2. The molecule has 2 aromatic rings. The summed E-state index contributed by atoms with van der Waals surface area (Å²) in [6, 6.07) is 7.12. The highest BCUT2D eigenvalue weighted by atomic mass is 31.2. The van der Waals surface area contributed by atoms with E-state index in [9.17, 15) is 28.4 Å². The number of carbonyl (C=O) groups is 1. The number of nitrogens with one attached hydrogen (secondary N) is 2. The molecule has 5 atom stereocenters. The molecule has 1 saturated heterocycles. The molecule has 1 aromatic heterocycles. The van der Waals surface area contributed by atoms with Crippen LogP contribution < -0.4 is 20.9 Å². The first kappa shape index (κ1) is 31.7. The number of aromatic amines is 1. The minimum absolute atomic E-state index is 0. The van der Waals surface area contributed by atoms with E-state index < -0.39 is 61.4 Å². The highest BCUT2D eigenvalue weighted by Gasteiger charge is 2.46. The Bertz CT molecular complexity index is 1310. The van der Waals surface area contributed by atoms with E-state index in [0.717, 1.165) is 36.7 Å². The minimum atomic E-state index is -4.24. The van der Waals surface area contributed by atoms with Gasteiger partial charge in [-0.2, -0.15) is 9.48 Å². The van der Waals surface area contributed by atoms with E-state index in [1.165, 1.54) is 13.8 Å². The molecule has 3 N–H and O–H groups in total. The molecule has 2 aliphatic rings. The standard InChI is InChI=1S/C25H33FN3O9P.CH4/c1-16(23(32)36-17-9-5-3-6-10-17)28-39(34,38-18-11-7-4-8-12-18)35-15-21-20(30)13-25(2,37-21)29-14-19(26)22(31)27-24(29)33;/h4,7-8,11-12,14,16-17,20-21,30H,3,5-6,9-10,13,15H2,1-2H3,(H,28,34)(H,27,31,33);1H4/t16-,20?,21+,25+,39?;/m0./s1. The average Bonchev–Trinajstić information content (AvgIpc) is 3.20. The van der Waals surface area contributed by atoms with Gasteiger partial charge in [-0.05, 0) is 51.7 Å². The summed E-state index contributed by atoms with van der Waals surface area (Å²) >= 11 is 0. The fraction of sp³-hybridized carbons (Fsp3) is 0.577. The molecular formula is C26H37FN3O9P. The van der Waals surface area contributed by atoms with E-state index in [1.807, 2.05) is 4.98 Å². The van der Waals surface area contributed by atoms with Crippen LogP contribution in [0, 0.1) is 5.82 Å². The van der Waals surface area contributed by atoms with Crippen LogP contribution in [0.25, 0.3) is 0 Å². The highest BCUT2D eigenvalue weighted by Crippen LogP contribution is 2.46. The number of rotatable bonds is 10. The maximum atomic E-state index is 13.9. The summed E-state index contributed by atoms with van der Waals surface area (Å²) in [6.45, 7) is 2.43. The number of hydrogen-bond acceptors (Lipinski definition) is 9. The van der Waals surface area contributed by atoms with Crippen molar-refractivity contribution in [1.82, 2.24) is 14.6 Å². The predicted octanol–water partition coefficient (Wildman–Crippen LogP) is 3.19. The number of benzene rings is 1. The molecule has 0 spiro atoms. The van der Waals surface area contributed by atoms with Crippen molar-refractivity contribution < 1.29 is 37.4 Å². The van der Waals surface area contributed by atoms with Gasteiger partial charge in [-0.1, -0.05) is 32.0 Å². The first-order valence-corrected chi connectivity index (χ1v) is 14.4. The Morgan fingerprint density at radius 3 is 2.62 bits per heavy atom. The predicted molar refractivity (Wildman–Crippen MR) is 143 cm³/mol. The molecule has 0 bridgehead atoms. The fourth-order valence-electron chi connectivity index (χ4n) is 4.69. The Hall–Kier alpha value is -2.83. The highest BCUT2D eigenvalue weighted by molar-refractivity contribution is 7.52. The number of aromatic nitrogens is 2. The number of nitrogens with zero attached hydrogens (tertiary/aromatic N) is 1. The summed E-state index contributed by atoms with van der Waals surface area (Å²) in [7, 11) is -4.24. The lowest BCUT2D eigenvalue weighted by molar-refractivity contribution is -0.152. The molecule has 14 heteroatoms. The maximum Gasteiger partial charge on any atom is 0.459 e. The lowest BCUT2D eigenvalue weighted by Crippen LogP contribution is -2.43. The number of aliphatic hydroxyl groups excluding tert-OH is 1. The second-order valence-electron chi connectivity index (χ2n) is 9.95. The van der Waals surface area contributed by atoms with Crippen molar-refractivity contribution in [3.8, 4) is 5.75 Å². The van der Waals surface area contributed by atoms with Crippen molar-refractivity contribution in [3.05, 3.63) is 63.2 Å². The molecule has 1 aliphatic carbocycles. The summed E-state index contributed by atoms with van der Waals surface area (Å²) in [5.74, 6) is -1.60. The second kappa shape index (κ2) is 13.2. The lowest BCUT2D eigenvalue weighted by Gasteiger charge is -2.28. The van der Waals surface area contributed by atoms with Crippen molar-refractivity contribution >= 4 is 13.7 Å². The molecule has 2 unspecified atom stereocenters. The topological polar surface area (TPSA) is 158 Å². The SMILES string of the molecule is C.C[C@H](NP(=O)(OC[C@H]1O[C@@](C)(n2cc(F)c(=O)[nH]c2=O)CC1O)Oc1ccccc1)C(=O)OC1CCCCC1. The van der Waals surface area contributed by atoms with E-state index in [1.54, 1.807) is 30.3 Å². The summed E-state index contributed by atoms with van der Waals surface area (Å²) in [5.41, 5.74) is -3.65. The normalized spacial score (nSPS) is 25.4. The average molecular weight is 586 g/mol. The molecule has 222 valence electrons. The van der Waals surface area contributed by atoms with E-state index >= 15 is 0 Å². The molecule has 40 heavy (non-hydrogen) atoms. The van der Waals surface area contributed by atoms with Crippen LogP contribution in [-0.2, 0) is 29.1 Å². The van der Waals surface area contributed by atoms with E-state index in [0.29, 0.717) is 6.20 Å². The molecular weight excluding hydrogens is 548 g/mol. The fourth-order valence-corrected chi connectivity index (χ4v) is 6.19. The Morgan fingerprint density at radius 1 is 1.27 bits per heavy atom. The maximum absolute atomic E-state index is 13.9. The quantitative estimate of drug-likeness (QED) is 0.279. The van der Waals surface area contributed by atoms with E-state index in [4.69, 9.17) is 18.5 Å². The third kappa shape index (κ3) is 7.67. The van der Waals surface area contributed by atoms with Crippen LogP contribution in [0.4, 0.5) is 4.39 Å². The number of ether oxygens (including phenoxy) is 2. The smallest absolute Gasteiger partial charge is 0.459 e. The van der Waals surface area contributed by atoms with Gasteiger partial charge in [0.1, 0.15) is 29.7 Å². The van der Waals surface area contributed by atoms with Crippen LogP contribution in [0.15, 0.2) is 46.1 Å². The molecule has 0 amide bonds. The number of esters is 1. The van der Waals surface area contributed by atoms with Gasteiger partial charge in [0.2, 0.25) is 5.82 Å². The molecule has 1 saturated carbocycles. The van der Waals surface area contributed by atoms with Gasteiger partial charge in [-0.3, -0.25) is 23.7 Å². The first-order valence-electron chi connectivity index (χ1n) is 12.8. The van der Waals surface area contributed by atoms with Gasteiger partial charge in [0.25, 0.3) is 5.56 Å². The van der Waals surface area contributed by atoms with Crippen molar-refractivity contribution in [2.24, 2.45) is 0 Å². The van der Waals surface area contributed by atoms with Crippen molar-refractivity contribution in [3.63, 3.8) is 0 Å². The van der Waals surface area contributed by atoms with Crippen LogP contribution in [-0.4, -0.2) is 51.6 Å². The van der Waals surface area contributed by atoms with Gasteiger partial charge in [-0.25, -0.2) is 9.36 Å². The van der Waals surface area contributed by atoms with Crippen LogP contribution >= 0.6 is 7.75 Å². The number of para-hydroxylation sites is 1. The van der Waals surface area contributed by atoms with Gasteiger partial charge in [0.15, 0.2) is 0 Å². The summed E-state index contributed by atoms with van der Waals surface area (Å²) in [6.07, 6.45) is 2.58.